The van der Waals surface area contributed by atoms with Gasteiger partial charge >= 0.3 is 0 Å². The number of carbonyl (C=O) groups is 1. The van der Waals surface area contributed by atoms with Gasteiger partial charge in [-0.1, -0.05) is 39.7 Å². The van der Waals surface area contributed by atoms with E-state index in [9.17, 15) is 4.79 Å². The van der Waals surface area contributed by atoms with Crippen molar-refractivity contribution in [1.29, 1.82) is 0 Å². The van der Waals surface area contributed by atoms with Gasteiger partial charge in [-0.25, -0.2) is 0 Å². The predicted molar refractivity (Wildman–Crippen MR) is 107 cm³/mol. The number of nitrogens with one attached hydrogen (secondary N) is 1. The first kappa shape index (κ1) is 17.9. The number of aryl methyl sites for hydroxylation is 2. The minimum absolute atomic E-state index is 0.0980. The summed E-state index contributed by atoms with van der Waals surface area (Å²) in [7, 11) is 0. The van der Waals surface area contributed by atoms with Crippen LogP contribution >= 0.6 is 31.9 Å². The molecule has 0 aliphatic heterocycles. The zero-order valence-electron chi connectivity index (χ0n) is 13.8. The number of benzene rings is 2. The molecule has 0 spiro atoms. The van der Waals surface area contributed by atoms with Gasteiger partial charge in [-0.05, 0) is 53.5 Å². The van der Waals surface area contributed by atoms with Crippen molar-refractivity contribution < 1.29 is 9.53 Å². The van der Waals surface area contributed by atoms with E-state index in [2.05, 4.69) is 42.2 Å². The maximum absolute atomic E-state index is 12.3. The second-order valence-electron chi connectivity index (χ2n) is 5.72. The largest absolute Gasteiger partial charge is 0.480 e. The molecule has 0 atom stereocenters. The van der Waals surface area contributed by atoms with Crippen LogP contribution in [-0.4, -0.2) is 17.5 Å². The van der Waals surface area contributed by atoms with Gasteiger partial charge in [-0.2, -0.15) is 0 Å². The van der Waals surface area contributed by atoms with Crippen molar-refractivity contribution in [2.24, 2.45) is 0 Å². The molecule has 0 saturated carbocycles. The minimum Gasteiger partial charge on any atom is -0.480 e. The van der Waals surface area contributed by atoms with E-state index >= 15 is 0 Å². The first-order valence-corrected chi connectivity index (χ1v) is 9.27. The Labute approximate surface area is 162 Å². The molecule has 2 aromatic carbocycles. The molecule has 0 saturated heterocycles. The number of amides is 1. The zero-order valence-corrected chi connectivity index (χ0v) is 16.9. The number of pyridine rings is 1. The van der Waals surface area contributed by atoms with Gasteiger partial charge < -0.3 is 10.1 Å². The molecule has 6 heteroatoms. The number of ether oxygens (including phenoxy) is 1. The Hall–Kier alpha value is -1.92. The van der Waals surface area contributed by atoms with Crippen LogP contribution < -0.4 is 10.1 Å². The Morgan fingerprint density at radius 2 is 1.96 bits per heavy atom. The van der Waals surface area contributed by atoms with Crippen LogP contribution in [-0.2, 0) is 4.79 Å². The highest BCUT2D eigenvalue weighted by Gasteiger charge is 2.14. The molecule has 0 aliphatic carbocycles. The summed E-state index contributed by atoms with van der Waals surface area (Å²) >= 11 is 6.99. The maximum atomic E-state index is 12.3. The molecular formula is C19H16Br2N2O2. The molecule has 25 heavy (non-hydrogen) atoms. The van der Waals surface area contributed by atoms with Gasteiger partial charge in [0.05, 0.1) is 4.47 Å². The molecule has 3 rings (SSSR count). The van der Waals surface area contributed by atoms with Crippen molar-refractivity contribution in [2.45, 2.75) is 13.8 Å². The lowest BCUT2D eigenvalue weighted by Gasteiger charge is -2.13. The van der Waals surface area contributed by atoms with E-state index in [1.54, 1.807) is 6.20 Å². The molecule has 0 fully saturated rings. The van der Waals surface area contributed by atoms with Crippen molar-refractivity contribution in [2.75, 3.05) is 11.9 Å². The summed E-state index contributed by atoms with van der Waals surface area (Å²) in [5.74, 6) is 0.334. The van der Waals surface area contributed by atoms with Crippen molar-refractivity contribution >= 4 is 54.4 Å². The Balaban J connectivity index is 1.77. The molecule has 0 unspecified atom stereocenters. The third-order valence-electron chi connectivity index (χ3n) is 3.75. The summed E-state index contributed by atoms with van der Waals surface area (Å²) in [6.45, 7) is 3.89. The SMILES string of the molecule is Cc1ccc(NC(=O)COc2c(Br)cc(Br)c3cccnc23)c(C)c1. The van der Waals surface area contributed by atoms with E-state index in [0.717, 1.165) is 31.1 Å². The monoisotopic (exact) mass is 462 g/mol. The minimum atomic E-state index is -0.217. The first-order chi connectivity index (χ1) is 12.0. The van der Waals surface area contributed by atoms with Crippen LogP contribution in [0.2, 0.25) is 0 Å². The number of halogens is 2. The van der Waals surface area contributed by atoms with E-state index in [1.807, 2.05) is 50.2 Å². The lowest BCUT2D eigenvalue weighted by Crippen LogP contribution is -2.21. The maximum Gasteiger partial charge on any atom is 0.262 e. The molecule has 1 heterocycles. The molecule has 0 radical (unpaired) electrons. The second-order valence-corrected chi connectivity index (χ2v) is 7.43. The normalized spacial score (nSPS) is 10.7. The fourth-order valence-electron chi connectivity index (χ4n) is 2.56. The van der Waals surface area contributed by atoms with Crippen LogP contribution in [0.25, 0.3) is 10.9 Å². The summed E-state index contributed by atoms with van der Waals surface area (Å²) in [4.78, 5) is 16.6. The van der Waals surface area contributed by atoms with Crippen LogP contribution in [0, 0.1) is 13.8 Å². The van der Waals surface area contributed by atoms with E-state index < -0.39 is 0 Å². The number of fused-ring (bicyclic) bond motifs is 1. The predicted octanol–water partition coefficient (Wildman–Crippen LogP) is 5.39. The lowest BCUT2D eigenvalue weighted by molar-refractivity contribution is -0.118. The fraction of sp³-hybridized carbons (Fsp3) is 0.158. The quantitative estimate of drug-likeness (QED) is 0.563. The lowest BCUT2D eigenvalue weighted by atomic mass is 10.1. The number of nitrogens with zero attached hydrogens (tertiary/aromatic N) is 1. The molecule has 128 valence electrons. The van der Waals surface area contributed by atoms with Crippen molar-refractivity contribution in [1.82, 2.24) is 4.98 Å². The second kappa shape index (κ2) is 7.54. The first-order valence-electron chi connectivity index (χ1n) is 7.68. The van der Waals surface area contributed by atoms with Gasteiger partial charge in [0.2, 0.25) is 0 Å². The smallest absolute Gasteiger partial charge is 0.262 e. The molecule has 0 bridgehead atoms. The van der Waals surface area contributed by atoms with Crippen LogP contribution in [0.5, 0.6) is 5.75 Å². The van der Waals surface area contributed by atoms with Gasteiger partial charge in [0.25, 0.3) is 5.91 Å². The summed E-state index contributed by atoms with van der Waals surface area (Å²) in [6, 6.07) is 11.6. The zero-order chi connectivity index (χ0) is 18.0. The number of rotatable bonds is 4. The number of hydrogen-bond acceptors (Lipinski definition) is 3. The van der Waals surface area contributed by atoms with Crippen LogP contribution in [0.4, 0.5) is 5.69 Å². The molecular weight excluding hydrogens is 448 g/mol. The van der Waals surface area contributed by atoms with Gasteiger partial charge in [0.1, 0.15) is 5.52 Å². The fourth-order valence-corrected chi connectivity index (χ4v) is 3.95. The Morgan fingerprint density at radius 3 is 2.72 bits per heavy atom. The Kier molecular flexibility index (Phi) is 5.39. The highest BCUT2D eigenvalue weighted by Crippen LogP contribution is 2.37. The highest BCUT2D eigenvalue weighted by atomic mass is 79.9. The Bertz CT molecular complexity index is 958. The molecule has 1 aromatic heterocycles. The van der Waals surface area contributed by atoms with Crippen LogP contribution in [0.1, 0.15) is 11.1 Å². The van der Waals surface area contributed by atoms with E-state index in [4.69, 9.17) is 4.74 Å². The standard InChI is InChI=1S/C19H16Br2N2O2/c1-11-5-6-16(12(2)8-11)23-17(24)10-25-19-15(21)9-14(20)13-4-3-7-22-18(13)19/h3-9H,10H2,1-2H3,(H,23,24). The molecule has 3 aromatic rings. The third kappa shape index (κ3) is 4.02. The number of hydrogen-bond donors (Lipinski definition) is 1. The van der Waals surface area contributed by atoms with Gasteiger partial charge in [0.15, 0.2) is 12.4 Å². The Morgan fingerprint density at radius 1 is 1.16 bits per heavy atom. The average Bonchev–Trinajstić information content (AvgIpc) is 2.57. The van der Waals surface area contributed by atoms with Gasteiger partial charge in [0, 0.05) is 21.7 Å². The van der Waals surface area contributed by atoms with E-state index in [0.29, 0.717) is 11.3 Å². The van der Waals surface area contributed by atoms with Crippen LogP contribution in [0.3, 0.4) is 0 Å². The molecule has 1 N–H and O–H groups in total. The van der Waals surface area contributed by atoms with Crippen molar-refractivity contribution in [3.63, 3.8) is 0 Å². The number of carbonyl (C=O) groups excluding carboxylic acids is 1. The summed E-state index contributed by atoms with van der Waals surface area (Å²) in [6.07, 6.45) is 1.70. The van der Waals surface area contributed by atoms with Crippen LogP contribution in [0.15, 0.2) is 51.5 Å². The third-order valence-corrected chi connectivity index (χ3v) is 5.00. The summed E-state index contributed by atoms with van der Waals surface area (Å²) in [5.41, 5.74) is 3.66. The van der Waals surface area contributed by atoms with Gasteiger partial charge in [-0.15, -0.1) is 0 Å². The molecule has 1 amide bonds. The highest BCUT2D eigenvalue weighted by molar-refractivity contribution is 9.11. The average molecular weight is 464 g/mol. The van der Waals surface area contributed by atoms with Crippen molar-refractivity contribution in [3.8, 4) is 5.75 Å². The summed E-state index contributed by atoms with van der Waals surface area (Å²) < 4.78 is 7.41. The van der Waals surface area contributed by atoms with E-state index in [1.165, 1.54) is 0 Å². The van der Waals surface area contributed by atoms with Crippen molar-refractivity contribution in [3.05, 3.63) is 62.7 Å². The number of aromatic nitrogens is 1. The van der Waals surface area contributed by atoms with Gasteiger partial charge in [-0.3, -0.25) is 9.78 Å². The van der Waals surface area contributed by atoms with E-state index in [-0.39, 0.29) is 12.5 Å². The molecule has 0 aliphatic rings. The molecule has 4 nitrogen and oxygen atoms in total. The topological polar surface area (TPSA) is 51.2 Å². The summed E-state index contributed by atoms with van der Waals surface area (Å²) in [5, 5.41) is 3.80. The number of anilines is 1.